The topological polar surface area (TPSA) is 43.4 Å². The van der Waals surface area contributed by atoms with Crippen molar-refractivity contribution in [2.24, 2.45) is 17.8 Å². The predicted octanol–water partition coefficient (Wildman–Crippen LogP) is 2.67. The van der Waals surface area contributed by atoms with E-state index < -0.39 is 0 Å². The molecule has 0 radical (unpaired) electrons. The van der Waals surface area contributed by atoms with Crippen molar-refractivity contribution in [3.05, 3.63) is 23.8 Å². The molecule has 0 aliphatic heterocycles. The maximum atomic E-state index is 12.2. The molecule has 98 valence electrons. The van der Waals surface area contributed by atoms with Crippen LogP contribution in [0.3, 0.4) is 0 Å². The molecule has 0 bridgehead atoms. The van der Waals surface area contributed by atoms with Gasteiger partial charge in [0.05, 0.1) is 12.2 Å². The molecule has 2 atom stereocenters. The van der Waals surface area contributed by atoms with Crippen LogP contribution in [0.1, 0.15) is 33.1 Å². The molecule has 0 N–H and O–H groups in total. The Balaban J connectivity index is 2.05. The molecule has 0 aromatic carbocycles. The molecule has 1 fully saturated rings. The van der Waals surface area contributed by atoms with Crippen molar-refractivity contribution in [1.29, 1.82) is 0 Å². The zero-order valence-electron chi connectivity index (χ0n) is 11.0. The van der Waals surface area contributed by atoms with Crippen LogP contribution in [-0.2, 0) is 14.3 Å². The normalized spacial score (nSPS) is 26.7. The lowest BCUT2D eigenvalue weighted by atomic mass is 9.82. The van der Waals surface area contributed by atoms with E-state index in [0.29, 0.717) is 24.5 Å². The van der Waals surface area contributed by atoms with E-state index in [1.54, 1.807) is 19.1 Å². The minimum atomic E-state index is -0.329. The molecule has 2 unspecified atom stereocenters. The van der Waals surface area contributed by atoms with Gasteiger partial charge in [0.25, 0.3) is 0 Å². The molecule has 2 aliphatic rings. The summed E-state index contributed by atoms with van der Waals surface area (Å²) >= 11 is 0. The Kier molecular flexibility index (Phi) is 4.00. The largest absolute Gasteiger partial charge is 0.462 e. The highest BCUT2D eigenvalue weighted by Gasteiger charge is 2.31. The standard InChI is InChI=1S/C15H20O3/c1-3-18-15(17)12-7-4-10(2)13(9-12)14(16)8-11-5-6-11/h4,7,9-11,13H,3,5-6,8H2,1-2H3. The van der Waals surface area contributed by atoms with Gasteiger partial charge in [-0.1, -0.05) is 25.2 Å². The van der Waals surface area contributed by atoms with Crippen molar-refractivity contribution in [3.63, 3.8) is 0 Å². The fraction of sp³-hybridized carbons (Fsp3) is 0.600. The van der Waals surface area contributed by atoms with Gasteiger partial charge < -0.3 is 4.74 Å². The van der Waals surface area contributed by atoms with Crippen molar-refractivity contribution in [1.82, 2.24) is 0 Å². The average Bonchev–Trinajstić information content (AvgIpc) is 3.13. The Morgan fingerprint density at radius 1 is 1.39 bits per heavy atom. The van der Waals surface area contributed by atoms with E-state index in [2.05, 4.69) is 0 Å². The lowest BCUT2D eigenvalue weighted by molar-refractivity contribution is -0.138. The van der Waals surface area contributed by atoms with Crippen molar-refractivity contribution in [2.45, 2.75) is 33.1 Å². The second kappa shape index (κ2) is 5.51. The quantitative estimate of drug-likeness (QED) is 0.702. The molecule has 2 rings (SSSR count). The molecule has 0 aromatic rings. The lowest BCUT2D eigenvalue weighted by Crippen LogP contribution is -2.23. The molecule has 3 heteroatoms. The summed E-state index contributed by atoms with van der Waals surface area (Å²) in [5, 5.41) is 0. The molecule has 3 nitrogen and oxygen atoms in total. The molecule has 0 amide bonds. The third kappa shape index (κ3) is 3.09. The summed E-state index contributed by atoms with van der Waals surface area (Å²) in [6, 6.07) is 0. The lowest BCUT2D eigenvalue weighted by Gasteiger charge is -2.21. The third-order valence-corrected chi connectivity index (χ3v) is 3.57. The number of allylic oxidation sites excluding steroid dienone is 2. The summed E-state index contributed by atoms with van der Waals surface area (Å²) in [5.74, 6) is 0.542. The first-order valence-corrected chi connectivity index (χ1v) is 6.71. The van der Waals surface area contributed by atoms with Crippen LogP contribution >= 0.6 is 0 Å². The molecule has 1 saturated carbocycles. The van der Waals surface area contributed by atoms with E-state index >= 15 is 0 Å². The highest BCUT2D eigenvalue weighted by atomic mass is 16.5. The van der Waals surface area contributed by atoms with Crippen LogP contribution in [0.5, 0.6) is 0 Å². The number of rotatable bonds is 5. The number of Topliss-reactive ketones (excluding diaryl/α,β-unsaturated/α-hetero) is 1. The molecule has 2 aliphatic carbocycles. The summed E-state index contributed by atoms with van der Waals surface area (Å²) in [4.78, 5) is 23.8. The van der Waals surface area contributed by atoms with Crippen LogP contribution in [0.2, 0.25) is 0 Å². The van der Waals surface area contributed by atoms with Crippen LogP contribution < -0.4 is 0 Å². The van der Waals surface area contributed by atoms with E-state index in [0.717, 1.165) is 0 Å². The first kappa shape index (κ1) is 13.1. The van der Waals surface area contributed by atoms with Gasteiger partial charge in [0.15, 0.2) is 0 Å². The monoisotopic (exact) mass is 248 g/mol. The maximum absolute atomic E-state index is 12.2. The number of ether oxygens (including phenoxy) is 1. The third-order valence-electron chi connectivity index (χ3n) is 3.57. The van der Waals surface area contributed by atoms with Crippen LogP contribution in [0, 0.1) is 17.8 Å². The number of carbonyl (C=O) groups is 2. The second-order valence-corrected chi connectivity index (χ2v) is 5.20. The Labute approximate surface area is 108 Å². The number of ketones is 1. The van der Waals surface area contributed by atoms with Crippen LogP contribution in [0.25, 0.3) is 0 Å². The van der Waals surface area contributed by atoms with Gasteiger partial charge in [-0.25, -0.2) is 4.79 Å². The van der Waals surface area contributed by atoms with Gasteiger partial charge >= 0.3 is 5.97 Å². The maximum Gasteiger partial charge on any atom is 0.337 e. The smallest absolute Gasteiger partial charge is 0.337 e. The van der Waals surface area contributed by atoms with Crippen molar-refractivity contribution in [2.75, 3.05) is 6.61 Å². The fourth-order valence-corrected chi connectivity index (χ4v) is 2.26. The minimum Gasteiger partial charge on any atom is -0.462 e. The van der Waals surface area contributed by atoms with Gasteiger partial charge in [0, 0.05) is 12.3 Å². The van der Waals surface area contributed by atoms with E-state index in [4.69, 9.17) is 4.74 Å². The first-order valence-electron chi connectivity index (χ1n) is 6.71. The minimum absolute atomic E-state index is 0.157. The number of hydrogen-bond acceptors (Lipinski definition) is 3. The Hall–Kier alpha value is -1.38. The van der Waals surface area contributed by atoms with Crippen LogP contribution in [0.15, 0.2) is 23.8 Å². The molecule has 0 spiro atoms. The predicted molar refractivity (Wildman–Crippen MR) is 68.9 cm³/mol. The Morgan fingerprint density at radius 3 is 2.72 bits per heavy atom. The first-order chi connectivity index (χ1) is 8.61. The summed E-state index contributed by atoms with van der Waals surface area (Å²) in [6.45, 7) is 4.16. The zero-order chi connectivity index (χ0) is 13.1. The van der Waals surface area contributed by atoms with Gasteiger partial charge in [0.2, 0.25) is 0 Å². The Morgan fingerprint density at radius 2 is 2.11 bits per heavy atom. The van der Waals surface area contributed by atoms with E-state index in [1.165, 1.54) is 12.8 Å². The van der Waals surface area contributed by atoms with Crippen molar-refractivity contribution < 1.29 is 14.3 Å². The van der Waals surface area contributed by atoms with E-state index in [-0.39, 0.29) is 23.6 Å². The van der Waals surface area contributed by atoms with Crippen molar-refractivity contribution >= 4 is 11.8 Å². The summed E-state index contributed by atoms with van der Waals surface area (Å²) in [6.07, 6.45) is 8.50. The van der Waals surface area contributed by atoms with E-state index in [1.807, 2.05) is 13.0 Å². The van der Waals surface area contributed by atoms with Crippen LogP contribution in [-0.4, -0.2) is 18.4 Å². The van der Waals surface area contributed by atoms with Gasteiger partial charge in [-0.3, -0.25) is 4.79 Å². The van der Waals surface area contributed by atoms with Gasteiger partial charge in [0.1, 0.15) is 5.78 Å². The Bertz CT molecular complexity index is 402. The summed E-state index contributed by atoms with van der Waals surface area (Å²) in [7, 11) is 0. The molecule has 0 aromatic heterocycles. The van der Waals surface area contributed by atoms with E-state index in [9.17, 15) is 9.59 Å². The number of carbonyl (C=O) groups excluding carboxylic acids is 2. The molecule has 0 saturated heterocycles. The SMILES string of the molecule is CCOC(=O)C1=CC(C(=O)CC2CC2)C(C)C=C1. The van der Waals surface area contributed by atoms with Crippen molar-refractivity contribution in [3.8, 4) is 0 Å². The highest BCUT2D eigenvalue weighted by Crippen LogP contribution is 2.35. The van der Waals surface area contributed by atoms with Crippen LogP contribution in [0.4, 0.5) is 0 Å². The summed E-state index contributed by atoms with van der Waals surface area (Å²) in [5.41, 5.74) is 0.518. The van der Waals surface area contributed by atoms with Gasteiger partial charge in [-0.05, 0) is 31.6 Å². The molecular weight excluding hydrogens is 228 g/mol. The zero-order valence-corrected chi connectivity index (χ0v) is 11.0. The molecule has 18 heavy (non-hydrogen) atoms. The average molecular weight is 248 g/mol. The number of esters is 1. The highest BCUT2D eigenvalue weighted by molar-refractivity contribution is 5.94. The fourth-order valence-electron chi connectivity index (χ4n) is 2.26. The molecular formula is C15H20O3. The second-order valence-electron chi connectivity index (χ2n) is 5.20. The van der Waals surface area contributed by atoms with Gasteiger partial charge in [-0.2, -0.15) is 0 Å². The number of hydrogen-bond donors (Lipinski definition) is 0. The molecule has 0 heterocycles. The van der Waals surface area contributed by atoms with Gasteiger partial charge in [-0.15, -0.1) is 0 Å². The summed E-state index contributed by atoms with van der Waals surface area (Å²) < 4.78 is 4.97.